The first-order valence-corrected chi connectivity index (χ1v) is 10.9. The van der Waals surface area contributed by atoms with Crippen LogP contribution in [-0.2, 0) is 14.3 Å². The Morgan fingerprint density at radius 1 is 1.13 bits per heavy atom. The van der Waals surface area contributed by atoms with Crippen molar-refractivity contribution in [3.63, 3.8) is 0 Å². The molecule has 0 amide bonds. The molecule has 0 bridgehead atoms. The van der Waals surface area contributed by atoms with Crippen LogP contribution < -0.4 is 5.01 Å². The first kappa shape index (κ1) is 23.6. The third-order valence-corrected chi connectivity index (χ3v) is 5.13. The Labute approximate surface area is 178 Å². The van der Waals surface area contributed by atoms with E-state index < -0.39 is 11.2 Å². The van der Waals surface area contributed by atoms with Gasteiger partial charge in [0.1, 0.15) is 0 Å². The largest absolute Gasteiger partial charge is 0.449 e. The lowest BCUT2D eigenvalue weighted by Gasteiger charge is -2.18. The number of benzene rings is 1. The van der Waals surface area contributed by atoms with E-state index >= 15 is 0 Å². The second kappa shape index (κ2) is 12.8. The van der Waals surface area contributed by atoms with Gasteiger partial charge in [0.05, 0.1) is 17.2 Å². The molecule has 0 aliphatic carbocycles. The van der Waals surface area contributed by atoms with Crippen molar-refractivity contribution in [1.29, 1.82) is 0 Å². The fourth-order valence-electron chi connectivity index (χ4n) is 3.42. The second-order valence-corrected chi connectivity index (χ2v) is 7.61. The summed E-state index contributed by atoms with van der Waals surface area (Å²) in [5.41, 5.74) is 1.18. The van der Waals surface area contributed by atoms with Crippen LogP contribution in [0.4, 0.5) is 11.4 Å². The summed E-state index contributed by atoms with van der Waals surface area (Å²) in [6.07, 6.45) is 12.1. The molecule has 1 aliphatic heterocycles. The van der Waals surface area contributed by atoms with Crippen LogP contribution in [0.1, 0.15) is 76.7 Å². The predicted molar refractivity (Wildman–Crippen MR) is 116 cm³/mol. The molecular weight excluding hydrogens is 386 g/mol. The Hall–Kier alpha value is -2.64. The van der Waals surface area contributed by atoms with Crippen LogP contribution in [0.25, 0.3) is 0 Å². The van der Waals surface area contributed by atoms with Crippen molar-refractivity contribution in [3.8, 4) is 0 Å². The molecule has 1 aromatic carbocycles. The van der Waals surface area contributed by atoms with Gasteiger partial charge in [-0.15, -0.1) is 0 Å². The van der Waals surface area contributed by atoms with Gasteiger partial charge in [-0.1, -0.05) is 69.8 Å². The number of anilines is 1. The van der Waals surface area contributed by atoms with Gasteiger partial charge in [0.25, 0.3) is 11.9 Å². The number of non-ortho nitro benzene ring substituents is 1. The van der Waals surface area contributed by atoms with E-state index in [1.165, 1.54) is 68.5 Å². The molecule has 1 aromatic rings. The number of unbranched alkanes of at least 4 members (excludes halogenated alkanes) is 9. The van der Waals surface area contributed by atoms with Crippen LogP contribution in [-0.4, -0.2) is 30.1 Å². The van der Waals surface area contributed by atoms with Gasteiger partial charge in [0.2, 0.25) is 0 Å². The molecule has 0 aromatic heterocycles. The predicted octanol–water partition coefficient (Wildman–Crippen LogP) is 5.47. The second-order valence-electron chi connectivity index (χ2n) is 7.61. The lowest BCUT2D eigenvalue weighted by Crippen LogP contribution is -2.30. The zero-order valence-electron chi connectivity index (χ0n) is 18.0. The fraction of sp³-hybridized carbons (Fsp3) is 0.636. The maximum absolute atomic E-state index is 11.4. The van der Waals surface area contributed by atoms with Gasteiger partial charge in [0.15, 0.2) is 6.29 Å². The van der Waals surface area contributed by atoms with E-state index in [0.717, 1.165) is 12.8 Å². The van der Waals surface area contributed by atoms with Crippen LogP contribution in [0.15, 0.2) is 23.3 Å². The summed E-state index contributed by atoms with van der Waals surface area (Å²) < 4.78 is 11.0. The van der Waals surface area contributed by atoms with Crippen LogP contribution in [0.5, 0.6) is 0 Å². The monoisotopic (exact) mass is 419 g/mol. The molecule has 166 valence electrons. The van der Waals surface area contributed by atoms with E-state index in [0.29, 0.717) is 24.1 Å². The molecule has 8 heteroatoms. The molecule has 0 radical (unpaired) electrons. The zero-order valence-corrected chi connectivity index (χ0v) is 18.0. The molecule has 0 N–H and O–H groups in total. The number of nitro benzene ring substituents is 1. The van der Waals surface area contributed by atoms with Gasteiger partial charge in [0, 0.05) is 12.1 Å². The number of hydrogen-bond acceptors (Lipinski definition) is 7. The van der Waals surface area contributed by atoms with Gasteiger partial charge in [-0.05, 0) is 25.0 Å². The molecule has 8 nitrogen and oxygen atoms in total. The number of aryl methyl sites for hydroxylation is 1. The van der Waals surface area contributed by atoms with Crippen molar-refractivity contribution in [3.05, 3.63) is 33.9 Å². The van der Waals surface area contributed by atoms with Crippen LogP contribution >= 0.6 is 0 Å². The first-order chi connectivity index (χ1) is 14.6. The van der Waals surface area contributed by atoms with Gasteiger partial charge in [-0.2, -0.15) is 0 Å². The van der Waals surface area contributed by atoms with E-state index in [4.69, 9.17) is 9.47 Å². The van der Waals surface area contributed by atoms with Gasteiger partial charge < -0.3 is 9.47 Å². The van der Waals surface area contributed by atoms with Crippen molar-refractivity contribution in [2.24, 2.45) is 5.10 Å². The molecule has 2 rings (SSSR count). The minimum atomic E-state index is -0.937. The smallest absolute Gasteiger partial charge is 0.408 e. The maximum atomic E-state index is 11.4. The third-order valence-electron chi connectivity index (χ3n) is 5.13. The molecule has 30 heavy (non-hydrogen) atoms. The molecular formula is C22H33N3O5. The molecule has 0 saturated heterocycles. The van der Waals surface area contributed by atoms with E-state index in [9.17, 15) is 14.9 Å². The van der Waals surface area contributed by atoms with Crippen molar-refractivity contribution in [2.75, 3.05) is 11.6 Å². The third kappa shape index (κ3) is 7.31. The molecule has 1 aliphatic rings. The maximum Gasteiger partial charge on any atom is 0.408 e. The Balaban J connectivity index is 1.72. The number of hydrogen-bond donors (Lipinski definition) is 0. The average molecular weight is 420 g/mol. The Morgan fingerprint density at radius 3 is 2.33 bits per heavy atom. The number of carbonyl (C=O) groups is 1. The SMILES string of the molecule is CCCCCCCCCCCCOC1=NN(c2ccc([N+](=O)[O-])cc2C)C(C=O)O1. The van der Waals surface area contributed by atoms with E-state index in [-0.39, 0.29) is 11.8 Å². The fourth-order valence-corrected chi connectivity index (χ4v) is 3.42. The highest BCUT2D eigenvalue weighted by Gasteiger charge is 2.31. The lowest BCUT2D eigenvalue weighted by molar-refractivity contribution is -0.384. The summed E-state index contributed by atoms with van der Waals surface area (Å²) in [6.45, 7) is 4.44. The highest BCUT2D eigenvalue weighted by atomic mass is 16.7. The Morgan fingerprint density at radius 2 is 1.77 bits per heavy atom. The highest BCUT2D eigenvalue weighted by molar-refractivity contribution is 5.79. The van der Waals surface area contributed by atoms with Crippen LogP contribution in [0.3, 0.4) is 0 Å². The number of nitro groups is 1. The summed E-state index contributed by atoms with van der Waals surface area (Å²) in [6, 6.07) is 4.37. The minimum Gasteiger partial charge on any atom is -0.449 e. The topological polar surface area (TPSA) is 94.3 Å². The minimum absolute atomic E-state index is 0.0135. The van der Waals surface area contributed by atoms with E-state index in [1.807, 2.05) is 0 Å². The number of rotatable bonds is 14. The van der Waals surface area contributed by atoms with Gasteiger partial charge in [-0.25, -0.2) is 5.01 Å². The highest BCUT2D eigenvalue weighted by Crippen LogP contribution is 2.29. The molecule has 0 fully saturated rings. The van der Waals surface area contributed by atoms with Crippen LogP contribution in [0.2, 0.25) is 0 Å². The van der Waals surface area contributed by atoms with E-state index in [2.05, 4.69) is 12.0 Å². The van der Waals surface area contributed by atoms with Crippen molar-refractivity contribution >= 4 is 23.7 Å². The number of nitrogens with zero attached hydrogens (tertiary/aromatic N) is 3. The quantitative estimate of drug-likeness (QED) is 0.172. The number of ether oxygens (including phenoxy) is 2. The van der Waals surface area contributed by atoms with Crippen molar-refractivity contribution in [2.45, 2.75) is 84.3 Å². The molecule has 1 heterocycles. The summed E-state index contributed by atoms with van der Waals surface area (Å²) >= 11 is 0. The standard InChI is InChI=1S/C22H33N3O5/c1-3-4-5-6-7-8-9-10-11-12-15-29-22-23-24(21(17-26)30-22)20-14-13-19(25(27)28)16-18(20)2/h13-14,16-17,21H,3-12,15H2,1-2H3. The summed E-state index contributed by atoms with van der Waals surface area (Å²) in [7, 11) is 0. The number of hydrazone groups is 1. The average Bonchev–Trinajstić information content (AvgIpc) is 3.14. The van der Waals surface area contributed by atoms with Crippen molar-refractivity contribution < 1.29 is 19.2 Å². The summed E-state index contributed by atoms with van der Waals surface area (Å²) in [5.74, 6) is 0. The van der Waals surface area contributed by atoms with Gasteiger partial charge >= 0.3 is 6.08 Å². The Bertz CT molecular complexity index is 723. The molecule has 0 spiro atoms. The van der Waals surface area contributed by atoms with Gasteiger partial charge in [-0.3, -0.25) is 14.9 Å². The summed E-state index contributed by atoms with van der Waals surface area (Å²) in [4.78, 5) is 21.8. The van der Waals surface area contributed by atoms with Crippen molar-refractivity contribution in [1.82, 2.24) is 0 Å². The summed E-state index contributed by atoms with van der Waals surface area (Å²) in [5, 5.41) is 16.5. The number of aldehydes is 1. The lowest BCUT2D eigenvalue weighted by atomic mass is 10.1. The normalized spacial score (nSPS) is 15.6. The zero-order chi connectivity index (χ0) is 21.8. The van der Waals surface area contributed by atoms with Crippen LogP contribution in [0, 0.1) is 17.0 Å². The van der Waals surface area contributed by atoms with E-state index in [1.54, 1.807) is 13.0 Å². The molecule has 1 atom stereocenters. The first-order valence-electron chi connectivity index (χ1n) is 10.9. The molecule has 0 saturated carbocycles. The molecule has 1 unspecified atom stereocenters. The number of carbonyl (C=O) groups excluding carboxylic acids is 1. The Kier molecular flexibility index (Phi) is 10.1.